The van der Waals surface area contributed by atoms with Gasteiger partial charge in [-0.25, -0.2) is 0 Å². The summed E-state index contributed by atoms with van der Waals surface area (Å²) in [5.74, 6) is 1.09. The first-order valence-corrected chi connectivity index (χ1v) is 5.66. The van der Waals surface area contributed by atoms with Gasteiger partial charge in [0.2, 0.25) is 0 Å². The van der Waals surface area contributed by atoms with Crippen LogP contribution >= 0.6 is 15.9 Å². The van der Waals surface area contributed by atoms with Gasteiger partial charge in [-0.2, -0.15) is 5.10 Å². The van der Waals surface area contributed by atoms with Gasteiger partial charge in [0.25, 0.3) is 0 Å². The van der Waals surface area contributed by atoms with Gasteiger partial charge in [0.15, 0.2) is 5.75 Å². The number of hydrogen-bond acceptors (Lipinski definition) is 3. The lowest BCUT2D eigenvalue weighted by molar-refractivity contribution is 0.480. The Kier molecular flexibility index (Phi) is 3.14. The number of amidine groups is 1. The Balaban J connectivity index is 2.39. The Hall–Kier alpha value is -1.82. The summed E-state index contributed by atoms with van der Waals surface area (Å²) in [4.78, 5) is 0. The van der Waals surface area contributed by atoms with Crippen LogP contribution in [0.2, 0.25) is 0 Å². The topological polar surface area (TPSA) is 76.9 Å². The lowest BCUT2D eigenvalue weighted by Crippen LogP contribution is -2.13. The molecule has 6 heteroatoms. The van der Waals surface area contributed by atoms with E-state index in [2.05, 4.69) is 21.0 Å². The van der Waals surface area contributed by atoms with E-state index in [9.17, 15) is 0 Å². The Morgan fingerprint density at radius 3 is 2.88 bits per heavy atom. The molecule has 0 aliphatic carbocycles. The number of benzene rings is 1. The number of halogens is 1. The van der Waals surface area contributed by atoms with Gasteiger partial charge in [-0.1, -0.05) is 6.07 Å². The number of ether oxygens (including phenoxy) is 1. The quantitative estimate of drug-likeness (QED) is 0.673. The molecule has 0 saturated heterocycles. The second-order valence-electron chi connectivity index (χ2n) is 3.48. The Bertz CT molecular complexity index is 564. The largest absolute Gasteiger partial charge is 0.453 e. The van der Waals surface area contributed by atoms with Gasteiger partial charge in [0.1, 0.15) is 11.6 Å². The average Bonchev–Trinajstić information content (AvgIpc) is 2.63. The molecule has 0 aliphatic rings. The number of hydrogen-bond donors (Lipinski definition) is 2. The highest BCUT2D eigenvalue weighted by atomic mass is 79.9. The predicted octanol–water partition coefficient (Wildman–Crippen LogP) is 2.26. The molecule has 1 aromatic heterocycles. The number of nitrogen functional groups attached to an aromatic ring is 1. The zero-order valence-electron chi connectivity index (χ0n) is 9.14. The van der Waals surface area contributed by atoms with E-state index in [1.807, 2.05) is 12.1 Å². The van der Waals surface area contributed by atoms with Gasteiger partial charge >= 0.3 is 0 Å². The zero-order chi connectivity index (χ0) is 12.4. The Morgan fingerprint density at radius 1 is 1.53 bits per heavy atom. The van der Waals surface area contributed by atoms with Gasteiger partial charge in [-0.3, -0.25) is 10.1 Å². The highest BCUT2D eigenvalue weighted by molar-refractivity contribution is 9.10. The second kappa shape index (κ2) is 4.58. The Morgan fingerprint density at radius 2 is 2.29 bits per heavy atom. The van der Waals surface area contributed by atoms with E-state index < -0.39 is 0 Å². The molecule has 0 saturated carbocycles. The molecule has 5 nitrogen and oxygen atoms in total. The molecule has 0 aliphatic heterocycles. The summed E-state index contributed by atoms with van der Waals surface area (Å²) in [6.45, 7) is 0. The predicted molar refractivity (Wildman–Crippen MR) is 68.4 cm³/mol. The average molecular weight is 295 g/mol. The number of nitrogens with zero attached hydrogens (tertiary/aromatic N) is 2. The van der Waals surface area contributed by atoms with Gasteiger partial charge < -0.3 is 10.5 Å². The first-order chi connectivity index (χ1) is 8.08. The van der Waals surface area contributed by atoms with E-state index in [4.69, 9.17) is 15.9 Å². The molecular weight excluding hydrogens is 284 g/mol. The van der Waals surface area contributed by atoms with Gasteiger partial charge in [0.05, 0.1) is 18.0 Å². The maximum atomic E-state index is 7.54. The fourth-order valence-corrected chi connectivity index (χ4v) is 1.99. The molecule has 0 atom stereocenters. The van der Waals surface area contributed by atoms with Crippen LogP contribution in [-0.2, 0) is 7.05 Å². The molecule has 0 bridgehead atoms. The second-order valence-corrected chi connectivity index (χ2v) is 4.33. The molecule has 2 rings (SSSR count). The highest BCUT2D eigenvalue weighted by Gasteiger charge is 2.12. The monoisotopic (exact) mass is 294 g/mol. The van der Waals surface area contributed by atoms with Gasteiger partial charge in [-0.15, -0.1) is 0 Å². The minimum atomic E-state index is -0.0450. The van der Waals surface area contributed by atoms with E-state index in [-0.39, 0.29) is 5.84 Å². The third-order valence-corrected chi connectivity index (χ3v) is 2.81. The number of nitrogens with two attached hydrogens (primary N) is 1. The van der Waals surface area contributed by atoms with Crippen molar-refractivity contribution in [3.05, 3.63) is 40.6 Å². The molecule has 3 N–H and O–H groups in total. The SMILES string of the molecule is Cn1cc(Oc2cccc(Br)c2C(=N)N)cn1. The fraction of sp³-hybridized carbons (Fsp3) is 0.0909. The third kappa shape index (κ3) is 2.47. The van der Waals surface area contributed by atoms with Crippen LogP contribution in [0.1, 0.15) is 5.56 Å². The van der Waals surface area contributed by atoms with Crippen molar-refractivity contribution in [2.45, 2.75) is 0 Å². The van der Waals surface area contributed by atoms with Crippen molar-refractivity contribution in [2.24, 2.45) is 12.8 Å². The summed E-state index contributed by atoms with van der Waals surface area (Å²) >= 11 is 3.34. The van der Waals surface area contributed by atoms with Crippen molar-refractivity contribution in [3.63, 3.8) is 0 Å². The van der Waals surface area contributed by atoms with Gasteiger partial charge in [0, 0.05) is 11.5 Å². The Labute approximate surface area is 107 Å². The number of aryl methyl sites for hydroxylation is 1. The molecule has 0 fully saturated rings. The lowest BCUT2D eigenvalue weighted by Gasteiger charge is -2.09. The summed E-state index contributed by atoms with van der Waals surface area (Å²) in [6, 6.07) is 5.39. The van der Waals surface area contributed by atoms with Crippen molar-refractivity contribution in [1.82, 2.24) is 9.78 Å². The zero-order valence-corrected chi connectivity index (χ0v) is 10.7. The van der Waals surface area contributed by atoms with E-state index in [0.29, 0.717) is 17.1 Å². The first kappa shape index (κ1) is 11.7. The smallest absolute Gasteiger partial charge is 0.165 e. The van der Waals surface area contributed by atoms with Crippen LogP contribution in [0.15, 0.2) is 35.1 Å². The molecule has 88 valence electrons. The standard InChI is InChI=1S/C11H11BrN4O/c1-16-6-7(5-15-16)17-9-4-2-3-8(12)10(9)11(13)14/h2-6H,1H3,(H3,13,14). The van der Waals surface area contributed by atoms with E-state index >= 15 is 0 Å². The van der Waals surface area contributed by atoms with Crippen LogP contribution in [0.5, 0.6) is 11.5 Å². The minimum absolute atomic E-state index is 0.0450. The van der Waals surface area contributed by atoms with Crippen LogP contribution in [0.3, 0.4) is 0 Å². The summed E-state index contributed by atoms with van der Waals surface area (Å²) < 4.78 is 8.01. The highest BCUT2D eigenvalue weighted by Crippen LogP contribution is 2.29. The van der Waals surface area contributed by atoms with E-state index in [0.717, 1.165) is 4.47 Å². The van der Waals surface area contributed by atoms with Crippen molar-refractivity contribution in [2.75, 3.05) is 0 Å². The first-order valence-electron chi connectivity index (χ1n) is 4.87. The third-order valence-electron chi connectivity index (χ3n) is 2.15. The number of nitrogens with one attached hydrogen (secondary N) is 1. The molecule has 0 unspecified atom stereocenters. The normalized spacial score (nSPS) is 10.2. The van der Waals surface area contributed by atoms with E-state index in [1.54, 1.807) is 30.2 Å². The molecule has 1 heterocycles. The molecule has 2 aromatic rings. The van der Waals surface area contributed by atoms with Crippen LogP contribution in [0, 0.1) is 5.41 Å². The van der Waals surface area contributed by atoms with Crippen molar-refractivity contribution < 1.29 is 4.74 Å². The molecule has 0 amide bonds. The molecule has 0 radical (unpaired) electrons. The van der Waals surface area contributed by atoms with Crippen LogP contribution in [0.25, 0.3) is 0 Å². The summed E-state index contributed by atoms with van der Waals surface area (Å²) in [5.41, 5.74) is 6.07. The number of rotatable bonds is 3. The molecular formula is C11H11BrN4O. The summed E-state index contributed by atoms with van der Waals surface area (Å²) in [7, 11) is 1.81. The van der Waals surface area contributed by atoms with Crippen molar-refractivity contribution in [1.29, 1.82) is 5.41 Å². The van der Waals surface area contributed by atoms with Crippen LogP contribution in [0.4, 0.5) is 0 Å². The molecule has 1 aromatic carbocycles. The van der Waals surface area contributed by atoms with Crippen LogP contribution in [-0.4, -0.2) is 15.6 Å². The van der Waals surface area contributed by atoms with Crippen LogP contribution < -0.4 is 10.5 Å². The van der Waals surface area contributed by atoms with Crippen molar-refractivity contribution >= 4 is 21.8 Å². The fourth-order valence-electron chi connectivity index (χ4n) is 1.43. The maximum Gasteiger partial charge on any atom is 0.165 e. The molecule has 0 spiro atoms. The molecule has 17 heavy (non-hydrogen) atoms. The minimum Gasteiger partial charge on any atom is -0.453 e. The summed E-state index contributed by atoms with van der Waals surface area (Å²) in [5, 5.41) is 11.5. The van der Waals surface area contributed by atoms with E-state index in [1.165, 1.54) is 0 Å². The summed E-state index contributed by atoms with van der Waals surface area (Å²) in [6.07, 6.45) is 3.34. The maximum absolute atomic E-state index is 7.54. The lowest BCUT2D eigenvalue weighted by atomic mass is 10.2. The number of aromatic nitrogens is 2. The van der Waals surface area contributed by atoms with Crippen molar-refractivity contribution in [3.8, 4) is 11.5 Å². The van der Waals surface area contributed by atoms with Gasteiger partial charge in [-0.05, 0) is 28.1 Å².